The molecule has 7 heteroatoms. The third kappa shape index (κ3) is 3.26. The highest BCUT2D eigenvalue weighted by atomic mass is 35.5. The predicted molar refractivity (Wildman–Crippen MR) is 99.4 cm³/mol. The molecule has 4 rings (SSSR count). The van der Waals surface area contributed by atoms with Gasteiger partial charge in [-0.25, -0.2) is 9.97 Å². The van der Waals surface area contributed by atoms with Crippen LogP contribution in [0.1, 0.15) is 18.4 Å². The molecular weight excluding hydrogens is 338 g/mol. The Morgan fingerprint density at radius 1 is 1.20 bits per heavy atom. The lowest BCUT2D eigenvalue weighted by molar-refractivity contribution is 0.450. The third-order valence-corrected chi connectivity index (χ3v) is 4.94. The van der Waals surface area contributed by atoms with Crippen molar-refractivity contribution >= 4 is 34.7 Å². The van der Waals surface area contributed by atoms with E-state index in [9.17, 15) is 0 Å². The Balaban J connectivity index is 1.44. The van der Waals surface area contributed by atoms with E-state index in [1.165, 1.54) is 0 Å². The molecule has 1 aliphatic rings. The van der Waals surface area contributed by atoms with Gasteiger partial charge in [0.15, 0.2) is 5.58 Å². The van der Waals surface area contributed by atoms with Crippen molar-refractivity contribution in [1.82, 2.24) is 15.0 Å². The third-order valence-electron chi connectivity index (χ3n) is 4.70. The number of hydrogen-bond donors (Lipinski definition) is 0. The fourth-order valence-electron chi connectivity index (χ4n) is 3.20. The number of nitrogens with zero attached hydrogens (tertiary/aromatic N) is 5. The molecule has 6 nitrogen and oxygen atoms in total. The van der Waals surface area contributed by atoms with Crippen LogP contribution in [0.25, 0.3) is 11.1 Å². The normalized spacial score (nSPS) is 15.7. The number of aromatic nitrogens is 3. The summed E-state index contributed by atoms with van der Waals surface area (Å²) >= 11 is 6.02. The van der Waals surface area contributed by atoms with Crippen molar-refractivity contribution in [2.75, 3.05) is 29.9 Å². The minimum absolute atomic E-state index is 0.415. The first-order valence-corrected chi connectivity index (χ1v) is 8.80. The highest BCUT2D eigenvalue weighted by molar-refractivity contribution is 6.31. The molecular formula is C18H20ClN5O. The maximum Gasteiger partial charge on any atom is 0.298 e. The predicted octanol–water partition coefficient (Wildman–Crippen LogP) is 3.68. The van der Waals surface area contributed by atoms with Crippen LogP contribution in [0.3, 0.4) is 0 Å². The summed E-state index contributed by atoms with van der Waals surface area (Å²) in [6, 6.07) is 6.60. The van der Waals surface area contributed by atoms with E-state index < -0.39 is 0 Å². The van der Waals surface area contributed by atoms with E-state index in [1.807, 2.05) is 37.5 Å². The minimum Gasteiger partial charge on any atom is -0.423 e. The Morgan fingerprint density at radius 2 is 1.92 bits per heavy atom. The molecule has 1 saturated heterocycles. The van der Waals surface area contributed by atoms with E-state index in [2.05, 4.69) is 31.8 Å². The number of aryl methyl sites for hydroxylation is 1. The second kappa shape index (κ2) is 6.52. The molecule has 130 valence electrons. The van der Waals surface area contributed by atoms with Gasteiger partial charge in [-0.3, -0.25) is 0 Å². The molecule has 1 aromatic carbocycles. The van der Waals surface area contributed by atoms with Crippen molar-refractivity contribution in [3.8, 4) is 0 Å². The summed E-state index contributed by atoms with van der Waals surface area (Å²) in [4.78, 5) is 17.8. The van der Waals surface area contributed by atoms with Crippen molar-refractivity contribution in [1.29, 1.82) is 0 Å². The van der Waals surface area contributed by atoms with Gasteiger partial charge in [-0.05, 0) is 43.5 Å². The summed E-state index contributed by atoms with van der Waals surface area (Å²) in [5, 5.41) is 0.672. The molecule has 2 aromatic heterocycles. The van der Waals surface area contributed by atoms with Gasteiger partial charge in [0.25, 0.3) is 6.01 Å². The first kappa shape index (κ1) is 16.1. The Morgan fingerprint density at radius 3 is 2.64 bits per heavy atom. The van der Waals surface area contributed by atoms with Gasteiger partial charge in [-0.1, -0.05) is 11.6 Å². The Hall–Kier alpha value is -2.34. The van der Waals surface area contributed by atoms with Gasteiger partial charge < -0.3 is 14.2 Å². The van der Waals surface area contributed by atoms with Gasteiger partial charge in [0.05, 0.1) is 0 Å². The lowest BCUT2D eigenvalue weighted by Gasteiger charge is -2.36. The zero-order valence-corrected chi connectivity index (χ0v) is 15.1. The molecule has 0 unspecified atom stereocenters. The Kier molecular flexibility index (Phi) is 4.21. The minimum atomic E-state index is 0.415. The Labute approximate surface area is 151 Å². The lowest BCUT2D eigenvalue weighted by atomic mass is 10.0. The van der Waals surface area contributed by atoms with E-state index >= 15 is 0 Å². The quantitative estimate of drug-likeness (QED) is 0.712. The first-order valence-electron chi connectivity index (χ1n) is 8.43. The molecule has 1 aliphatic heterocycles. The number of oxazole rings is 1. The van der Waals surface area contributed by atoms with Crippen molar-refractivity contribution in [2.24, 2.45) is 0 Å². The standard InChI is InChI=1S/C18H20ClN5O/c1-12-10-20-17(21-11-12)23(2)14-5-7-24(8-6-14)18-22-15-9-13(19)3-4-16(15)25-18/h3-4,9-11,14H,5-8H2,1-2H3. The van der Waals surface area contributed by atoms with Crippen LogP contribution in [-0.4, -0.2) is 41.1 Å². The highest BCUT2D eigenvalue weighted by Gasteiger charge is 2.26. The molecule has 0 spiro atoms. The van der Waals surface area contributed by atoms with Crippen LogP contribution in [0.15, 0.2) is 35.0 Å². The number of benzene rings is 1. The monoisotopic (exact) mass is 357 g/mol. The average molecular weight is 358 g/mol. The number of rotatable bonds is 3. The molecule has 3 heterocycles. The fraction of sp³-hybridized carbons (Fsp3) is 0.389. The van der Waals surface area contributed by atoms with Gasteiger partial charge in [0.1, 0.15) is 5.52 Å². The number of fused-ring (bicyclic) bond motifs is 1. The van der Waals surface area contributed by atoms with Gasteiger partial charge >= 0.3 is 0 Å². The molecule has 0 saturated carbocycles. The van der Waals surface area contributed by atoms with Crippen LogP contribution in [0.5, 0.6) is 0 Å². The summed E-state index contributed by atoms with van der Waals surface area (Å²) in [6.45, 7) is 3.78. The smallest absolute Gasteiger partial charge is 0.298 e. The largest absolute Gasteiger partial charge is 0.423 e. The number of hydrogen-bond acceptors (Lipinski definition) is 6. The van der Waals surface area contributed by atoms with Crippen molar-refractivity contribution < 1.29 is 4.42 Å². The maximum atomic E-state index is 6.02. The first-order chi connectivity index (χ1) is 12.1. The molecule has 1 fully saturated rings. The zero-order valence-electron chi connectivity index (χ0n) is 14.3. The molecule has 3 aromatic rings. The van der Waals surface area contributed by atoms with Crippen molar-refractivity contribution in [3.63, 3.8) is 0 Å². The maximum absolute atomic E-state index is 6.02. The van der Waals surface area contributed by atoms with Gasteiger partial charge in [-0.2, -0.15) is 4.98 Å². The highest BCUT2D eigenvalue weighted by Crippen LogP contribution is 2.27. The van der Waals surface area contributed by atoms with Crippen LogP contribution in [-0.2, 0) is 0 Å². The van der Waals surface area contributed by atoms with E-state index in [0.29, 0.717) is 17.1 Å². The van der Waals surface area contributed by atoms with Crippen molar-refractivity contribution in [3.05, 3.63) is 41.2 Å². The number of anilines is 2. The molecule has 25 heavy (non-hydrogen) atoms. The number of piperidine rings is 1. The van der Waals surface area contributed by atoms with Crippen molar-refractivity contribution in [2.45, 2.75) is 25.8 Å². The lowest BCUT2D eigenvalue weighted by Crippen LogP contribution is -2.44. The molecule has 0 radical (unpaired) electrons. The number of halogens is 1. The summed E-state index contributed by atoms with van der Waals surface area (Å²) in [5.74, 6) is 0.778. The van der Waals surface area contributed by atoms with Crippen LogP contribution in [0.4, 0.5) is 12.0 Å². The van der Waals surface area contributed by atoms with Crippen LogP contribution in [0.2, 0.25) is 5.02 Å². The van der Waals surface area contributed by atoms with Gasteiger partial charge in [0.2, 0.25) is 5.95 Å². The summed E-state index contributed by atoms with van der Waals surface area (Å²) in [6.07, 6.45) is 5.73. The van der Waals surface area contributed by atoms with E-state index in [1.54, 1.807) is 0 Å². The van der Waals surface area contributed by atoms with Gasteiger partial charge in [0, 0.05) is 43.6 Å². The van der Waals surface area contributed by atoms with E-state index in [-0.39, 0.29) is 0 Å². The summed E-state index contributed by atoms with van der Waals surface area (Å²) in [7, 11) is 2.06. The SMILES string of the molecule is Cc1cnc(N(C)C2CCN(c3nc4cc(Cl)ccc4o3)CC2)nc1. The molecule has 0 bridgehead atoms. The zero-order chi connectivity index (χ0) is 17.4. The molecule has 0 N–H and O–H groups in total. The Bertz CT molecular complexity index is 871. The van der Waals surface area contributed by atoms with Gasteiger partial charge in [-0.15, -0.1) is 0 Å². The topological polar surface area (TPSA) is 58.3 Å². The summed E-state index contributed by atoms with van der Waals surface area (Å²) in [5.41, 5.74) is 2.64. The molecule has 0 amide bonds. The molecule has 0 aliphatic carbocycles. The molecule has 0 atom stereocenters. The van der Waals surface area contributed by atoms with Crippen LogP contribution >= 0.6 is 11.6 Å². The second-order valence-corrected chi connectivity index (χ2v) is 6.93. The van der Waals surface area contributed by atoms with Crippen LogP contribution < -0.4 is 9.80 Å². The second-order valence-electron chi connectivity index (χ2n) is 6.50. The van der Waals surface area contributed by atoms with Crippen LogP contribution in [0, 0.1) is 6.92 Å². The fourth-order valence-corrected chi connectivity index (χ4v) is 3.37. The van der Waals surface area contributed by atoms with E-state index in [0.717, 1.165) is 48.5 Å². The van der Waals surface area contributed by atoms with E-state index in [4.69, 9.17) is 16.0 Å². The summed E-state index contributed by atoms with van der Waals surface area (Å²) < 4.78 is 5.87. The average Bonchev–Trinajstić information content (AvgIpc) is 3.05.